The van der Waals surface area contributed by atoms with Gasteiger partial charge in [0.25, 0.3) is 0 Å². The van der Waals surface area contributed by atoms with Gasteiger partial charge < -0.3 is 10.4 Å². The fourth-order valence-electron chi connectivity index (χ4n) is 1.84. The zero-order chi connectivity index (χ0) is 15.4. The summed E-state index contributed by atoms with van der Waals surface area (Å²) in [5, 5.41) is 27.1. The highest BCUT2D eigenvalue weighted by Crippen LogP contribution is 2.16. The summed E-state index contributed by atoms with van der Waals surface area (Å²) in [6.07, 6.45) is 1.56. The number of aliphatic hydroxyl groups is 1. The average molecular weight is 294 g/mol. The second-order valence-electron chi connectivity index (χ2n) is 4.67. The summed E-state index contributed by atoms with van der Waals surface area (Å²) >= 11 is 0. The van der Waals surface area contributed by atoms with Gasteiger partial charge in [0.15, 0.2) is 0 Å². The Balaban J connectivity index is 1.90. The molecule has 0 saturated carbocycles. The maximum atomic E-state index is 13.1. The number of halogens is 1. The molecule has 2 N–H and O–H groups in total. The molecular formula is C13H15FN4O3. The minimum Gasteiger partial charge on any atom is -0.389 e. The molecule has 0 amide bonds. The van der Waals surface area contributed by atoms with Gasteiger partial charge in [-0.15, -0.1) is 0 Å². The molecule has 21 heavy (non-hydrogen) atoms. The van der Waals surface area contributed by atoms with Crippen molar-refractivity contribution in [3.63, 3.8) is 0 Å². The van der Waals surface area contributed by atoms with Crippen molar-refractivity contribution in [2.45, 2.75) is 19.6 Å². The van der Waals surface area contributed by atoms with E-state index in [1.807, 2.05) is 6.92 Å². The third-order valence-corrected chi connectivity index (χ3v) is 2.96. The Morgan fingerprint density at radius 1 is 1.57 bits per heavy atom. The van der Waals surface area contributed by atoms with Crippen LogP contribution in [0.2, 0.25) is 0 Å². The Morgan fingerprint density at radius 3 is 3.00 bits per heavy atom. The van der Waals surface area contributed by atoms with Gasteiger partial charge in [-0.05, 0) is 24.6 Å². The van der Waals surface area contributed by atoms with E-state index in [0.717, 1.165) is 11.8 Å². The molecule has 7 nitrogen and oxygen atoms in total. The van der Waals surface area contributed by atoms with Crippen molar-refractivity contribution in [1.82, 2.24) is 9.78 Å². The second kappa shape index (κ2) is 6.31. The van der Waals surface area contributed by atoms with Crippen molar-refractivity contribution in [3.05, 3.63) is 52.1 Å². The van der Waals surface area contributed by atoms with Crippen LogP contribution in [0.15, 0.2) is 30.6 Å². The normalized spacial score (nSPS) is 12.1. The van der Waals surface area contributed by atoms with Crippen LogP contribution in [0.3, 0.4) is 0 Å². The van der Waals surface area contributed by atoms with E-state index in [9.17, 15) is 19.6 Å². The maximum Gasteiger partial charge on any atom is 0.306 e. The van der Waals surface area contributed by atoms with Crippen LogP contribution in [0.5, 0.6) is 0 Å². The monoisotopic (exact) mass is 294 g/mol. The van der Waals surface area contributed by atoms with Crippen molar-refractivity contribution < 1.29 is 14.4 Å². The van der Waals surface area contributed by atoms with E-state index in [2.05, 4.69) is 10.4 Å². The maximum absolute atomic E-state index is 13.1. The van der Waals surface area contributed by atoms with Crippen molar-refractivity contribution >= 4 is 11.4 Å². The molecule has 2 rings (SSSR count). The molecule has 1 unspecified atom stereocenters. The molecule has 0 aliphatic heterocycles. The molecule has 0 radical (unpaired) electrons. The molecule has 1 atom stereocenters. The van der Waals surface area contributed by atoms with Crippen LogP contribution in [0.4, 0.5) is 15.8 Å². The number of anilines is 1. The van der Waals surface area contributed by atoms with Crippen LogP contribution >= 0.6 is 0 Å². The summed E-state index contributed by atoms with van der Waals surface area (Å²) in [6, 6.07) is 4.35. The minimum atomic E-state index is -0.813. The first-order valence-electron chi connectivity index (χ1n) is 6.30. The largest absolute Gasteiger partial charge is 0.389 e. The number of aromatic nitrogens is 2. The van der Waals surface area contributed by atoms with Gasteiger partial charge in [-0.3, -0.25) is 14.8 Å². The molecule has 8 heteroatoms. The number of benzene rings is 1. The summed E-state index contributed by atoms with van der Waals surface area (Å²) in [5.41, 5.74) is 1.33. The van der Waals surface area contributed by atoms with Crippen LogP contribution in [-0.2, 0) is 6.54 Å². The molecular weight excluding hydrogens is 279 g/mol. The van der Waals surface area contributed by atoms with Crippen molar-refractivity contribution in [2.24, 2.45) is 0 Å². The number of hydrogen-bond donors (Lipinski definition) is 2. The zero-order valence-corrected chi connectivity index (χ0v) is 11.4. The Bertz CT molecular complexity index is 644. The van der Waals surface area contributed by atoms with E-state index < -0.39 is 11.0 Å². The SMILES string of the molecule is Cc1ccc(F)cc1NCC(O)Cn1cc([N+](=O)[O-])cn1. The molecule has 0 fully saturated rings. The highest BCUT2D eigenvalue weighted by atomic mass is 19.1. The fourth-order valence-corrected chi connectivity index (χ4v) is 1.84. The third-order valence-electron chi connectivity index (χ3n) is 2.96. The number of hydrogen-bond acceptors (Lipinski definition) is 5. The van der Waals surface area contributed by atoms with Gasteiger partial charge in [0.2, 0.25) is 0 Å². The number of aryl methyl sites for hydroxylation is 1. The summed E-state index contributed by atoms with van der Waals surface area (Å²) < 4.78 is 14.4. The molecule has 0 aliphatic carbocycles. The second-order valence-corrected chi connectivity index (χ2v) is 4.67. The fraction of sp³-hybridized carbons (Fsp3) is 0.308. The molecule has 0 spiro atoms. The van der Waals surface area contributed by atoms with Gasteiger partial charge in [-0.2, -0.15) is 5.10 Å². The number of aliphatic hydroxyl groups excluding tert-OH is 1. The molecule has 1 heterocycles. The van der Waals surface area contributed by atoms with E-state index in [1.54, 1.807) is 6.07 Å². The molecule has 0 saturated heterocycles. The predicted octanol–water partition coefficient (Wildman–Crippen LogP) is 1.71. The van der Waals surface area contributed by atoms with E-state index >= 15 is 0 Å². The van der Waals surface area contributed by atoms with Gasteiger partial charge in [0.1, 0.15) is 18.2 Å². The first-order chi connectivity index (χ1) is 9.95. The number of nitro groups is 1. The number of nitrogens with one attached hydrogen (secondary N) is 1. The first-order valence-corrected chi connectivity index (χ1v) is 6.30. The van der Waals surface area contributed by atoms with Crippen LogP contribution in [0.1, 0.15) is 5.56 Å². The molecule has 112 valence electrons. The van der Waals surface area contributed by atoms with Gasteiger partial charge in [0.05, 0.1) is 17.6 Å². The summed E-state index contributed by atoms with van der Waals surface area (Å²) in [5.74, 6) is -0.361. The Labute approximate surface area is 120 Å². The lowest BCUT2D eigenvalue weighted by molar-refractivity contribution is -0.385. The Hall–Kier alpha value is -2.48. The Kier molecular flexibility index (Phi) is 4.49. The first kappa shape index (κ1) is 14.9. The lowest BCUT2D eigenvalue weighted by atomic mass is 10.2. The van der Waals surface area contributed by atoms with Gasteiger partial charge in [0, 0.05) is 12.2 Å². The predicted molar refractivity (Wildman–Crippen MR) is 74.5 cm³/mol. The van der Waals surface area contributed by atoms with Gasteiger partial charge >= 0.3 is 5.69 Å². The Morgan fingerprint density at radius 2 is 2.33 bits per heavy atom. The van der Waals surface area contributed by atoms with Crippen LogP contribution in [-0.4, -0.2) is 32.5 Å². The van der Waals surface area contributed by atoms with Crippen molar-refractivity contribution in [2.75, 3.05) is 11.9 Å². The van der Waals surface area contributed by atoms with Gasteiger partial charge in [-0.1, -0.05) is 6.07 Å². The lowest BCUT2D eigenvalue weighted by Crippen LogP contribution is -2.25. The highest BCUT2D eigenvalue weighted by molar-refractivity contribution is 5.50. The van der Waals surface area contributed by atoms with Gasteiger partial charge in [-0.25, -0.2) is 4.39 Å². The minimum absolute atomic E-state index is 0.106. The van der Waals surface area contributed by atoms with E-state index in [1.165, 1.54) is 23.0 Å². The van der Waals surface area contributed by atoms with Crippen LogP contribution < -0.4 is 5.32 Å². The van der Waals surface area contributed by atoms with Crippen LogP contribution in [0, 0.1) is 22.9 Å². The number of rotatable bonds is 6. The highest BCUT2D eigenvalue weighted by Gasteiger charge is 2.12. The number of nitrogens with zero attached hydrogens (tertiary/aromatic N) is 3. The summed E-state index contributed by atoms with van der Waals surface area (Å²) in [4.78, 5) is 9.97. The molecule has 0 bridgehead atoms. The topological polar surface area (TPSA) is 93.2 Å². The average Bonchev–Trinajstić information content (AvgIpc) is 2.88. The van der Waals surface area contributed by atoms with Crippen LogP contribution in [0.25, 0.3) is 0 Å². The summed E-state index contributed by atoms with van der Waals surface area (Å²) in [7, 11) is 0. The standard InChI is InChI=1S/C13H15FN4O3/c1-9-2-3-10(14)4-13(9)15-6-12(19)8-17-7-11(5-16-17)18(20)21/h2-5,7,12,15,19H,6,8H2,1H3. The quantitative estimate of drug-likeness (QED) is 0.625. The molecule has 2 aromatic rings. The molecule has 0 aliphatic rings. The van der Waals surface area contributed by atoms with E-state index in [4.69, 9.17) is 0 Å². The zero-order valence-electron chi connectivity index (χ0n) is 11.4. The van der Waals surface area contributed by atoms with E-state index in [-0.39, 0.29) is 24.6 Å². The molecule has 1 aromatic carbocycles. The van der Waals surface area contributed by atoms with Crippen molar-refractivity contribution in [1.29, 1.82) is 0 Å². The van der Waals surface area contributed by atoms with E-state index in [0.29, 0.717) is 5.69 Å². The lowest BCUT2D eigenvalue weighted by Gasteiger charge is -2.14. The third kappa shape index (κ3) is 3.99. The molecule has 1 aromatic heterocycles. The summed E-state index contributed by atoms with van der Waals surface area (Å²) in [6.45, 7) is 2.11. The smallest absolute Gasteiger partial charge is 0.306 e. The van der Waals surface area contributed by atoms with Crippen molar-refractivity contribution in [3.8, 4) is 0 Å².